The van der Waals surface area contributed by atoms with Gasteiger partial charge < -0.3 is 5.11 Å². The molecular formula is C16H17N3O. The summed E-state index contributed by atoms with van der Waals surface area (Å²) in [7, 11) is 0. The Morgan fingerprint density at radius 1 is 1.10 bits per heavy atom. The summed E-state index contributed by atoms with van der Waals surface area (Å²) in [5.41, 5.74) is 4.62. The lowest BCUT2D eigenvalue weighted by Gasteiger charge is -2.20. The van der Waals surface area contributed by atoms with Gasteiger partial charge in [0.05, 0.1) is 5.52 Å². The Balaban J connectivity index is 2.31. The van der Waals surface area contributed by atoms with Crippen molar-refractivity contribution in [3.63, 3.8) is 0 Å². The van der Waals surface area contributed by atoms with Gasteiger partial charge in [-0.2, -0.15) is 0 Å². The van der Waals surface area contributed by atoms with Crippen molar-refractivity contribution in [3.8, 4) is 16.9 Å². The van der Waals surface area contributed by atoms with Gasteiger partial charge in [0.15, 0.2) is 0 Å². The smallest absolute Gasteiger partial charge is 0.123 e. The van der Waals surface area contributed by atoms with Gasteiger partial charge in [-0.1, -0.05) is 44.2 Å². The molecule has 0 amide bonds. The Labute approximate surface area is 117 Å². The minimum atomic E-state index is -0.0461. The molecule has 2 N–H and O–H groups in total. The van der Waals surface area contributed by atoms with E-state index in [-0.39, 0.29) is 11.2 Å². The van der Waals surface area contributed by atoms with Crippen molar-refractivity contribution in [3.05, 3.63) is 42.0 Å². The molecule has 0 aliphatic rings. The largest absolute Gasteiger partial charge is 0.507 e. The summed E-state index contributed by atoms with van der Waals surface area (Å²) < 4.78 is 0. The predicted molar refractivity (Wildman–Crippen MR) is 79.7 cm³/mol. The molecule has 0 radical (unpaired) electrons. The van der Waals surface area contributed by atoms with Crippen LogP contribution >= 0.6 is 0 Å². The van der Waals surface area contributed by atoms with Gasteiger partial charge in [0.1, 0.15) is 11.3 Å². The number of nitrogens with zero attached hydrogens (tertiary/aromatic N) is 2. The third kappa shape index (κ3) is 2.03. The minimum Gasteiger partial charge on any atom is -0.507 e. The molecule has 4 nitrogen and oxygen atoms in total. The summed E-state index contributed by atoms with van der Waals surface area (Å²) in [5, 5.41) is 21.0. The Bertz CT molecular complexity index is 769. The monoisotopic (exact) mass is 267 g/mol. The lowest BCUT2D eigenvalue weighted by Crippen LogP contribution is -2.12. The molecule has 102 valence electrons. The average molecular weight is 267 g/mol. The van der Waals surface area contributed by atoms with Crippen molar-refractivity contribution in [2.24, 2.45) is 0 Å². The standard InChI is InChI=1S/C16H17N3O/c1-16(2,3)12-8-10(9-13-15(12)18-19-17-13)11-6-4-5-7-14(11)20/h4-9,20H,1-3H3,(H,17,18,19). The van der Waals surface area contributed by atoms with Crippen LogP contribution in [0.15, 0.2) is 36.4 Å². The van der Waals surface area contributed by atoms with E-state index in [2.05, 4.69) is 42.2 Å². The number of aromatic hydroxyl groups is 1. The molecule has 0 aliphatic carbocycles. The fourth-order valence-corrected chi connectivity index (χ4v) is 2.40. The van der Waals surface area contributed by atoms with Crippen LogP contribution in [0, 0.1) is 0 Å². The second-order valence-corrected chi connectivity index (χ2v) is 6.00. The molecule has 0 saturated heterocycles. The maximum atomic E-state index is 10.0. The number of phenolic OH excluding ortho intramolecular Hbond substituents is 1. The number of rotatable bonds is 1. The second-order valence-electron chi connectivity index (χ2n) is 6.00. The zero-order valence-corrected chi connectivity index (χ0v) is 11.8. The molecule has 0 bridgehead atoms. The van der Waals surface area contributed by atoms with Crippen molar-refractivity contribution in [2.75, 3.05) is 0 Å². The van der Waals surface area contributed by atoms with Crippen molar-refractivity contribution in [1.82, 2.24) is 15.4 Å². The van der Waals surface area contributed by atoms with Gasteiger partial charge in [-0.3, -0.25) is 5.10 Å². The number of aromatic amines is 1. The van der Waals surface area contributed by atoms with E-state index >= 15 is 0 Å². The van der Waals surface area contributed by atoms with Crippen LogP contribution in [0.4, 0.5) is 0 Å². The van der Waals surface area contributed by atoms with Gasteiger partial charge in [-0.25, -0.2) is 0 Å². The van der Waals surface area contributed by atoms with E-state index in [1.807, 2.05) is 24.3 Å². The zero-order valence-electron chi connectivity index (χ0n) is 11.8. The van der Waals surface area contributed by atoms with E-state index in [1.54, 1.807) is 6.07 Å². The number of aromatic nitrogens is 3. The van der Waals surface area contributed by atoms with Crippen LogP contribution in [0.3, 0.4) is 0 Å². The number of fused-ring (bicyclic) bond motifs is 1. The molecule has 20 heavy (non-hydrogen) atoms. The molecule has 3 rings (SSSR count). The number of para-hydroxylation sites is 1. The highest BCUT2D eigenvalue weighted by atomic mass is 16.3. The van der Waals surface area contributed by atoms with E-state index < -0.39 is 0 Å². The zero-order chi connectivity index (χ0) is 14.3. The summed E-state index contributed by atoms with van der Waals surface area (Å²) in [4.78, 5) is 0. The van der Waals surface area contributed by atoms with Gasteiger partial charge in [-0.05, 0) is 34.7 Å². The summed E-state index contributed by atoms with van der Waals surface area (Å²) in [6, 6.07) is 11.4. The molecule has 0 saturated carbocycles. The minimum absolute atomic E-state index is 0.0461. The Morgan fingerprint density at radius 3 is 2.55 bits per heavy atom. The number of benzene rings is 2. The fraction of sp³-hybridized carbons (Fsp3) is 0.250. The van der Waals surface area contributed by atoms with Gasteiger partial charge >= 0.3 is 0 Å². The highest BCUT2D eigenvalue weighted by Crippen LogP contribution is 2.35. The van der Waals surface area contributed by atoms with E-state index in [1.165, 1.54) is 0 Å². The van der Waals surface area contributed by atoms with Crippen LogP contribution in [0.1, 0.15) is 26.3 Å². The van der Waals surface area contributed by atoms with E-state index in [0.717, 1.165) is 27.7 Å². The Hall–Kier alpha value is -2.36. The number of phenols is 1. The van der Waals surface area contributed by atoms with Crippen molar-refractivity contribution >= 4 is 11.0 Å². The molecule has 2 aromatic carbocycles. The van der Waals surface area contributed by atoms with Crippen molar-refractivity contribution in [1.29, 1.82) is 0 Å². The first-order valence-electron chi connectivity index (χ1n) is 6.60. The van der Waals surface area contributed by atoms with Gasteiger partial charge in [0, 0.05) is 5.56 Å². The Kier molecular flexibility index (Phi) is 2.74. The molecule has 0 fully saturated rings. The maximum absolute atomic E-state index is 10.0. The van der Waals surface area contributed by atoms with Gasteiger partial charge in [-0.15, -0.1) is 5.10 Å². The van der Waals surface area contributed by atoms with Crippen LogP contribution in [-0.2, 0) is 5.41 Å². The van der Waals surface area contributed by atoms with Crippen LogP contribution in [-0.4, -0.2) is 20.5 Å². The number of nitrogens with one attached hydrogen (secondary N) is 1. The second kappa shape index (κ2) is 4.34. The lowest BCUT2D eigenvalue weighted by atomic mass is 9.84. The van der Waals surface area contributed by atoms with Crippen LogP contribution in [0.5, 0.6) is 5.75 Å². The molecule has 4 heteroatoms. The van der Waals surface area contributed by atoms with Crippen molar-refractivity contribution < 1.29 is 5.11 Å². The third-order valence-corrected chi connectivity index (χ3v) is 3.45. The highest BCUT2D eigenvalue weighted by molar-refractivity contribution is 5.86. The molecule has 0 unspecified atom stereocenters. The van der Waals surface area contributed by atoms with E-state index in [0.29, 0.717) is 0 Å². The number of hydrogen-bond donors (Lipinski definition) is 2. The molecule has 0 spiro atoms. The number of hydrogen-bond acceptors (Lipinski definition) is 3. The van der Waals surface area contributed by atoms with Crippen LogP contribution in [0.2, 0.25) is 0 Å². The Morgan fingerprint density at radius 2 is 1.85 bits per heavy atom. The summed E-state index contributed by atoms with van der Waals surface area (Å²) >= 11 is 0. The first kappa shape index (κ1) is 12.7. The van der Waals surface area contributed by atoms with Gasteiger partial charge in [0.2, 0.25) is 0 Å². The normalized spacial score (nSPS) is 11.9. The van der Waals surface area contributed by atoms with Gasteiger partial charge in [0.25, 0.3) is 0 Å². The molecule has 1 heterocycles. The quantitative estimate of drug-likeness (QED) is 0.707. The topological polar surface area (TPSA) is 61.8 Å². The first-order valence-corrected chi connectivity index (χ1v) is 6.60. The molecule has 0 aliphatic heterocycles. The highest BCUT2D eigenvalue weighted by Gasteiger charge is 2.20. The van der Waals surface area contributed by atoms with E-state index in [4.69, 9.17) is 0 Å². The molecule has 1 aromatic heterocycles. The molecule has 0 atom stereocenters. The average Bonchev–Trinajstić information content (AvgIpc) is 2.85. The van der Waals surface area contributed by atoms with Crippen molar-refractivity contribution in [2.45, 2.75) is 26.2 Å². The third-order valence-electron chi connectivity index (χ3n) is 3.45. The molecule has 3 aromatic rings. The summed E-state index contributed by atoms with van der Waals surface area (Å²) in [5.74, 6) is 0.277. The SMILES string of the molecule is CC(C)(C)c1cc(-c2ccccc2O)cc2[nH]nnc12. The van der Waals surface area contributed by atoms with Crippen LogP contribution < -0.4 is 0 Å². The van der Waals surface area contributed by atoms with E-state index in [9.17, 15) is 5.11 Å². The van der Waals surface area contributed by atoms with Crippen LogP contribution in [0.25, 0.3) is 22.2 Å². The summed E-state index contributed by atoms with van der Waals surface area (Å²) in [6.45, 7) is 6.43. The first-order chi connectivity index (χ1) is 9.47. The summed E-state index contributed by atoms with van der Waals surface area (Å²) in [6.07, 6.45) is 0. The number of H-pyrrole nitrogens is 1. The maximum Gasteiger partial charge on any atom is 0.123 e. The fourth-order valence-electron chi connectivity index (χ4n) is 2.40. The predicted octanol–water partition coefficient (Wildman–Crippen LogP) is 3.63. The lowest BCUT2D eigenvalue weighted by molar-refractivity contribution is 0.477. The molecular weight excluding hydrogens is 250 g/mol.